The van der Waals surface area contributed by atoms with E-state index in [0.717, 1.165) is 16.3 Å². The smallest absolute Gasteiger partial charge is 0.374 e. The minimum atomic E-state index is -0.418. The van der Waals surface area contributed by atoms with Crippen molar-refractivity contribution in [3.8, 4) is 0 Å². The molecule has 0 spiro atoms. The van der Waals surface area contributed by atoms with E-state index < -0.39 is 5.97 Å². The molecule has 0 unspecified atom stereocenters. The average molecular weight is 283 g/mol. The van der Waals surface area contributed by atoms with Gasteiger partial charge in [-0.05, 0) is 30.7 Å². The summed E-state index contributed by atoms with van der Waals surface area (Å²) in [5, 5.41) is 1.70. The van der Waals surface area contributed by atoms with Crippen molar-refractivity contribution < 1.29 is 13.9 Å². The summed E-state index contributed by atoms with van der Waals surface area (Å²) in [4.78, 5) is 11.4. The highest BCUT2D eigenvalue weighted by atomic mass is 79.9. The lowest BCUT2D eigenvalue weighted by Crippen LogP contribution is -2.02. The maximum Gasteiger partial charge on any atom is 0.374 e. The Labute approximate surface area is 102 Å². The van der Waals surface area contributed by atoms with E-state index in [4.69, 9.17) is 9.15 Å². The Balaban J connectivity index is 2.39. The number of hydrogen-bond donors (Lipinski definition) is 0. The Bertz CT molecular complexity index is 516. The highest BCUT2D eigenvalue weighted by molar-refractivity contribution is 9.08. The van der Waals surface area contributed by atoms with Gasteiger partial charge in [-0.2, -0.15) is 0 Å². The normalized spacial score (nSPS) is 10.6. The molecular formula is C12H11BrO3. The fourth-order valence-electron chi connectivity index (χ4n) is 1.48. The topological polar surface area (TPSA) is 39.4 Å². The van der Waals surface area contributed by atoms with Crippen LogP contribution in [0.4, 0.5) is 0 Å². The van der Waals surface area contributed by atoms with Gasteiger partial charge in [0.1, 0.15) is 5.58 Å². The van der Waals surface area contributed by atoms with Crippen LogP contribution in [0.1, 0.15) is 23.0 Å². The number of alkyl halides is 1. The van der Waals surface area contributed by atoms with Crippen LogP contribution in [0.3, 0.4) is 0 Å². The van der Waals surface area contributed by atoms with E-state index >= 15 is 0 Å². The van der Waals surface area contributed by atoms with Gasteiger partial charge in [0.05, 0.1) is 6.61 Å². The number of rotatable bonds is 3. The third kappa shape index (κ3) is 2.11. The molecule has 0 bridgehead atoms. The van der Waals surface area contributed by atoms with Crippen molar-refractivity contribution in [2.24, 2.45) is 0 Å². The number of halogens is 1. The second-order valence-electron chi connectivity index (χ2n) is 3.34. The Morgan fingerprint density at radius 3 is 2.94 bits per heavy atom. The van der Waals surface area contributed by atoms with E-state index in [1.165, 1.54) is 0 Å². The maximum atomic E-state index is 11.4. The first-order chi connectivity index (χ1) is 7.74. The molecule has 0 N–H and O–H groups in total. The van der Waals surface area contributed by atoms with Crippen LogP contribution in [0.15, 0.2) is 28.7 Å². The highest BCUT2D eigenvalue weighted by Crippen LogP contribution is 2.22. The predicted octanol–water partition coefficient (Wildman–Crippen LogP) is 3.50. The zero-order chi connectivity index (χ0) is 11.5. The van der Waals surface area contributed by atoms with Gasteiger partial charge in [0.2, 0.25) is 5.76 Å². The zero-order valence-electron chi connectivity index (χ0n) is 8.83. The van der Waals surface area contributed by atoms with Gasteiger partial charge in [0.25, 0.3) is 0 Å². The van der Waals surface area contributed by atoms with Crippen LogP contribution < -0.4 is 0 Å². The van der Waals surface area contributed by atoms with Crippen LogP contribution in [0.25, 0.3) is 11.0 Å². The molecule has 1 aromatic carbocycles. The number of carbonyl (C=O) groups excluding carboxylic acids is 1. The fourth-order valence-corrected chi connectivity index (χ4v) is 1.83. The predicted molar refractivity (Wildman–Crippen MR) is 64.8 cm³/mol. The molecule has 0 aliphatic rings. The van der Waals surface area contributed by atoms with Crippen LogP contribution in [-0.4, -0.2) is 12.6 Å². The van der Waals surface area contributed by atoms with Gasteiger partial charge < -0.3 is 9.15 Å². The van der Waals surface area contributed by atoms with E-state index in [1.807, 2.05) is 18.2 Å². The largest absolute Gasteiger partial charge is 0.460 e. The first kappa shape index (κ1) is 11.2. The van der Waals surface area contributed by atoms with Crippen molar-refractivity contribution in [1.82, 2.24) is 0 Å². The fraction of sp³-hybridized carbons (Fsp3) is 0.250. The number of benzene rings is 1. The molecule has 2 rings (SSSR count). The Morgan fingerprint density at radius 2 is 2.25 bits per heavy atom. The van der Waals surface area contributed by atoms with E-state index in [-0.39, 0.29) is 5.76 Å². The molecule has 0 aliphatic heterocycles. The molecule has 2 aromatic rings. The summed E-state index contributed by atoms with van der Waals surface area (Å²) in [6.07, 6.45) is 0. The maximum absolute atomic E-state index is 11.4. The minimum absolute atomic E-state index is 0.253. The number of esters is 1. The molecule has 0 aliphatic carbocycles. The van der Waals surface area contributed by atoms with Gasteiger partial charge >= 0.3 is 5.97 Å². The molecular weight excluding hydrogens is 272 g/mol. The summed E-state index contributed by atoms with van der Waals surface area (Å²) >= 11 is 3.38. The molecule has 1 aromatic heterocycles. The summed E-state index contributed by atoms with van der Waals surface area (Å²) in [5.41, 5.74) is 1.84. The molecule has 3 nitrogen and oxygen atoms in total. The number of fused-ring (bicyclic) bond motifs is 1. The van der Waals surface area contributed by atoms with E-state index in [9.17, 15) is 4.79 Å². The van der Waals surface area contributed by atoms with Crippen molar-refractivity contribution in [2.75, 3.05) is 6.61 Å². The first-order valence-corrected chi connectivity index (χ1v) is 6.12. The molecule has 0 saturated heterocycles. The third-order valence-electron chi connectivity index (χ3n) is 2.21. The summed E-state index contributed by atoms with van der Waals surface area (Å²) in [6, 6.07) is 7.50. The highest BCUT2D eigenvalue weighted by Gasteiger charge is 2.12. The molecule has 84 valence electrons. The van der Waals surface area contributed by atoms with Gasteiger partial charge in [-0.1, -0.05) is 22.0 Å². The van der Waals surface area contributed by atoms with Crippen molar-refractivity contribution in [2.45, 2.75) is 12.3 Å². The molecule has 0 saturated carbocycles. The molecule has 0 fully saturated rings. The number of furan rings is 1. The van der Waals surface area contributed by atoms with E-state index in [1.54, 1.807) is 13.0 Å². The third-order valence-corrected chi connectivity index (χ3v) is 2.86. The van der Waals surface area contributed by atoms with Gasteiger partial charge in [-0.15, -0.1) is 0 Å². The average Bonchev–Trinajstić information content (AvgIpc) is 2.71. The zero-order valence-corrected chi connectivity index (χ0v) is 10.4. The van der Waals surface area contributed by atoms with E-state index in [2.05, 4.69) is 15.9 Å². The standard InChI is InChI=1S/C12H11BrO3/c1-2-15-12(14)11-6-9-5-8(7-13)3-4-10(9)16-11/h3-6H,2,7H2,1H3. The summed E-state index contributed by atoms with van der Waals surface area (Å²) in [5.74, 6) is -0.164. The van der Waals surface area contributed by atoms with Crippen LogP contribution in [0.2, 0.25) is 0 Å². The Kier molecular flexibility index (Phi) is 3.29. The molecule has 16 heavy (non-hydrogen) atoms. The minimum Gasteiger partial charge on any atom is -0.460 e. The lowest BCUT2D eigenvalue weighted by atomic mass is 10.2. The molecule has 4 heteroatoms. The van der Waals surface area contributed by atoms with Crippen molar-refractivity contribution in [1.29, 1.82) is 0 Å². The van der Waals surface area contributed by atoms with Gasteiger partial charge in [0.15, 0.2) is 0 Å². The summed E-state index contributed by atoms with van der Waals surface area (Å²) < 4.78 is 10.3. The molecule has 1 heterocycles. The molecule has 0 radical (unpaired) electrons. The quantitative estimate of drug-likeness (QED) is 0.639. The molecule has 0 atom stereocenters. The Hall–Kier alpha value is -1.29. The van der Waals surface area contributed by atoms with Gasteiger partial charge in [-0.3, -0.25) is 0 Å². The number of carbonyl (C=O) groups is 1. The lowest BCUT2D eigenvalue weighted by molar-refractivity contribution is 0.0492. The summed E-state index contributed by atoms with van der Waals surface area (Å²) in [7, 11) is 0. The van der Waals surface area contributed by atoms with Crippen LogP contribution in [0, 0.1) is 0 Å². The van der Waals surface area contributed by atoms with Gasteiger partial charge in [-0.25, -0.2) is 4.79 Å². The summed E-state index contributed by atoms with van der Waals surface area (Å²) in [6.45, 7) is 2.12. The second kappa shape index (κ2) is 4.70. The first-order valence-electron chi connectivity index (χ1n) is 5.00. The van der Waals surface area contributed by atoms with Crippen molar-refractivity contribution in [3.63, 3.8) is 0 Å². The number of ether oxygens (including phenoxy) is 1. The lowest BCUT2D eigenvalue weighted by Gasteiger charge is -1.95. The molecule has 0 amide bonds. The Morgan fingerprint density at radius 1 is 1.44 bits per heavy atom. The van der Waals surface area contributed by atoms with Crippen molar-refractivity contribution in [3.05, 3.63) is 35.6 Å². The SMILES string of the molecule is CCOC(=O)c1cc2cc(CBr)ccc2o1. The van der Waals surface area contributed by atoms with E-state index in [0.29, 0.717) is 12.2 Å². The van der Waals surface area contributed by atoms with Gasteiger partial charge in [0, 0.05) is 10.7 Å². The van der Waals surface area contributed by atoms with Crippen LogP contribution in [0.5, 0.6) is 0 Å². The van der Waals surface area contributed by atoms with Crippen LogP contribution in [-0.2, 0) is 10.1 Å². The number of hydrogen-bond acceptors (Lipinski definition) is 3. The monoisotopic (exact) mass is 282 g/mol. The van der Waals surface area contributed by atoms with Crippen LogP contribution >= 0.6 is 15.9 Å². The van der Waals surface area contributed by atoms with Crippen molar-refractivity contribution >= 4 is 32.9 Å². The second-order valence-corrected chi connectivity index (χ2v) is 3.90.